The van der Waals surface area contributed by atoms with E-state index in [1.165, 1.54) is 37.4 Å². The fourth-order valence-electron chi connectivity index (χ4n) is 1.75. The molecule has 1 aromatic carbocycles. The molecule has 144 valence electrons. The number of rotatable bonds is 6. The normalized spacial score (nSPS) is 10.6. The highest BCUT2D eigenvalue weighted by Crippen LogP contribution is 2.20. The van der Waals surface area contributed by atoms with Gasteiger partial charge in [-0.25, -0.2) is 19.3 Å². The summed E-state index contributed by atoms with van der Waals surface area (Å²) < 4.78 is 40.4. The average molecular weight is 508 g/mol. The molecule has 2 N–H and O–H groups in total. The number of halogens is 1. The number of ether oxygens (including phenoxy) is 2. The number of amides is 2. The smallest absolute Gasteiger partial charge is 0.411 e. The van der Waals surface area contributed by atoms with E-state index in [4.69, 9.17) is 8.92 Å². The summed E-state index contributed by atoms with van der Waals surface area (Å²) in [6.07, 6.45) is 0. The molecule has 0 saturated heterocycles. The second-order valence-corrected chi connectivity index (χ2v) is 7.02. The summed E-state index contributed by atoms with van der Waals surface area (Å²) in [6, 6.07) is 5.82. The molecule has 0 spiro atoms. The van der Waals surface area contributed by atoms with Gasteiger partial charge in [0.25, 0.3) is 0 Å². The molecular formula is C14H13IN4O7S. The molecule has 0 radical (unpaired) electrons. The average Bonchev–Trinajstić information content (AvgIpc) is 2.59. The van der Waals surface area contributed by atoms with Crippen LogP contribution in [-0.2, 0) is 15.0 Å². The van der Waals surface area contributed by atoms with Crippen molar-refractivity contribution in [1.29, 1.82) is 0 Å². The number of hydrogen-bond donors (Lipinski definition) is 2. The van der Waals surface area contributed by atoms with Gasteiger partial charge in [-0.05, 0) is 34.7 Å². The molecule has 0 fully saturated rings. The van der Waals surface area contributed by atoms with Gasteiger partial charge in [0.1, 0.15) is 9.26 Å². The Balaban J connectivity index is 2.12. The van der Waals surface area contributed by atoms with E-state index in [1.807, 2.05) is 22.6 Å². The first-order valence-electron chi connectivity index (χ1n) is 7.03. The lowest BCUT2D eigenvalue weighted by atomic mass is 10.2. The second kappa shape index (κ2) is 8.81. The van der Waals surface area contributed by atoms with Gasteiger partial charge in [0, 0.05) is 6.07 Å². The number of carbonyl (C=O) groups is 2. The summed E-state index contributed by atoms with van der Waals surface area (Å²) in [5, 5.41) is 2.14. The maximum absolute atomic E-state index is 12.0. The summed E-state index contributed by atoms with van der Waals surface area (Å²) in [5.41, 5.74) is -0.128. The zero-order chi connectivity index (χ0) is 20.0. The van der Waals surface area contributed by atoms with Gasteiger partial charge in [-0.15, -0.1) is 0 Å². The van der Waals surface area contributed by atoms with E-state index in [-0.39, 0.29) is 23.1 Å². The number of nitrogens with zero attached hydrogens (tertiary/aromatic N) is 2. The second-order valence-electron chi connectivity index (χ2n) is 4.64. The van der Waals surface area contributed by atoms with Gasteiger partial charge in [0.15, 0.2) is 5.75 Å². The molecule has 2 rings (SSSR count). The lowest BCUT2D eigenvalue weighted by molar-refractivity contribution is 0.0599. The van der Waals surface area contributed by atoms with E-state index < -0.39 is 22.3 Å². The van der Waals surface area contributed by atoms with Crippen molar-refractivity contribution in [1.82, 2.24) is 14.7 Å². The largest absolute Gasteiger partial charge is 0.481 e. The Hall–Kier alpha value is -2.68. The van der Waals surface area contributed by atoms with Gasteiger partial charge in [-0.1, -0.05) is 12.1 Å². The van der Waals surface area contributed by atoms with Crippen molar-refractivity contribution in [2.45, 2.75) is 0 Å². The molecule has 0 saturated carbocycles. The predicted molar refractivity (Wildman–Crippen MR) is 101 cm³/mol. The van der Waals surface area contributed by atoms with Crippen LogP contribution in [-0.4, -0.2) is 44.6 Å². The molecule has 0 aliphatic heterocycles. The molecule has 27 heavy (non-hydrogen) atoms. The van der Waals surface area contributed by atoms with Crippen LogP contribution >= 0.6 is 22.6 Å². The van der Waals surface area contributed by atoms with E-state index in [1.54, 1.807) is 4.72 Å². The van der Waals surface area contributed by atoms with Crippen LogP contribution in [0.25, 0.3) is 0 Å². The third-order valence-electron chi connectivity index (χ3n) is 2.82. The van der Waals surface area contributed by atoms with Crippen LogP contribution in [0.5, 0.6) is 11.6 Å². The lowest BCUT2D eigenvalue weighted by Gasteiger charge is -2.11. The molecule has 1 aromatic heterocycles. The number of nitrogens with one attached hydrogen (secondary N) is 2. The van der Waals surface area contributed by atoms with Gasteiger partial charge in [-0.3, -0.25) is 5.32 Å². The molecule has 0 atom stereocenters. The van der Waals surface area contributed by atoms with Crippen LogP contribution in [0.2, 0.25) is 0 Å². The van der Waals surface area contributed by atoms with E-state index in [9.17, 15) is 18.0 Å². The fraction of sp³-hybridized carbons (Fsp3) is 0.143. The van der Waals surface area contributed by atoms with Crippen molar-refractivity contribution < 1.29 is 31.7 Å². The third kappa shape index (κ3) is 5.92. The molecule has 2 amide bonds. The molecule has 0 unspecified atom stereocenters. The minimum atomic E-state index is -4.60. The van der Waals surface area contributed by atoms with E-state index in [2.05, 4.69) is 20.0 Å². The number of para-hydroxylation sites is 1. The van der Waals surface area contributed by atoms with Crippen molar-refractivity contribution in [3.63, 3.8) is 0 Å². The van der Waals surface area contributed by atoms with Gasteiger partial charge < -0.3 is 13.7 Å². The molecule has 11 nitrogen and oxygen atoms in total. The van der Waals surface area contributed by atoms with Crippen LogP contribution in [0.3, 0.4) is 0 Å². The first-order chi connectivity index (χ1) is 12.7. The SMILES string of the molecule is COC(=O)c1ccccc1OS(=O)(=O)NC(=O)Nc1nc(I)cc(OC)n1. The number of benzene rings is 1. The maximum atomic E-state index is 12.0. The topological polar surface area (TPSA) is 146 Å². The Morgan fingerprint density at radius 2 is 1.85 bits per heavy atom. The number of anilines is 1. The number of esters is 1. The van der Waals surface area contributed by atoms with Crippen LogP contribution in [0.4, 0.5) is 10.7 Å². The Bertz CT molecular complexity index is 968. The predicted octanol–water partition coefficient (Wildman–Crippen LogP) is 1.32. The Morgan fingerprint density at radius 1 is 1.15 bits per heavy atom. The summed E-state index contributed by atoms with van der Waals surface area (Å²) in [4.78, 5) is 31.3. The van der Waals surface area contributed by atoms with E-state index in [0.717, 1.165) is 7.11 Å². The van der Waals surface area contributed by atoms with Crippen molar-refractivity contribution in [2.75, 3.05) is 19.5 Å². The monoisotopic (exact) mass is 508 g/mol. The Morgan fingerprint density at radius 3 is 2.52 bits per heavy atom. The molecule has 1 heterocycles. The highest BCUT2D eigenvalue weighted by atomic mass is 127. The van der Waals surface area contributed by atoms with Crippen LogP contribution < -0.4 is 19.0 Å². The number of methoxy groups -OCH3 is 2. The molecule has 0 aliphatic carbocycles. The van der Waals surface area contributed by atoms with Gasteiger partial charge in [0.2, 0.25) is 11.8 Å². The molecule has 2 aromatic rings. The van der Waals surface area contributed by atoms with Gasteiger partial charge in [0.05, 0.1) is 14.2 Å². The van der Waals surface area contributed by atoms with E-state index in [0.29, 0.717) is 3.70 Å². The zero-order valence-electron chi connectivity index (χ0n) is 13.9. The maximum Gasteiger partial charge on any atom is 0.411 e. The first kappa shape index (κ1) is 20.6. The summed E-state index contributed by atoms with van der Waals surface area (Å²) in [6.45, 7) is 0. The van der Waals surface area contributed by atoms with Crippen molar-refractivity contribution in [3.8, 4) is 11.6 Å². The Kier molecular flexibility index (Phi) is 6.73. The van der Waals surface area contributed by atoms with Crippen molar-refractivity contribution >= 4 is 50.8 Å². The third-order valence-corrected chi connectivity index (χ3v) is 4.20. The lowest BCUT2D eigenvalue weighted by Crippen LogP contribution is -2.37. The minimum absolute atomic E-state index is 0.128. The number of hydrogen-bond acceptors (Lipinski definition) is 9. The van der Waals surface area contributed by atoms with Crippen molar-refractivity contribution in [3.05, 3.63) is 39.6 Å². The zero-order valence-corrected chi connectivity index (χ0v) is 16.9. The quantitative estimate of drug-likeness (QED) is 0.335. The molecule has 0 bridgehead atoms. The Labute approximate surface area is 167 Å². The molecular weight excluding hydrogens is 495 g/mol. The summed E-state index contributed by atoms with van der Waals surface area (Å²) in [7, 11) is -2.09. The van der Waals surface area contributed by atoms with E-state index >= 15 is 0 Å². The number of urea groups is 1. The number of carbonyl (C=O) groups excluding carboxylic acids is 2. The number of aromatic nitrogens is 2. The first-order valence-corrected chi connectivity index (χ1v) is 9.52. The highest BCUT2D eigenvalue weighted by molar-refractivity contribution is 14.1. The van der Waals surface area contributed by atoms with Gasteiger partial charge >= 0.3 is 22.3 Å². The van der Waals surface area contributed by atoms with Gasteiger partial charge in [-0.2, -0.15) is 13.4 Å². The molecule has 0 aliphatic rings. The summed E-state index contributed by atoms with van der Waals surface area (Å²) in [5.74, 6) is -1.11. The van der Waals surface area contributed by atoms with Crippen LogP contribution in [0, 0.1) is 3.70 Å². The van der Waals surface area contributed by atoms with Crippen LogP contribution in [0.15, 0.2) is 30.3 Å². The minimum Gasteiger partial charge on any atom is -0.481 e. The van der Waals surface area contributed by atoms with Crippen LogP contribution in [0.1, 0.15) is 10.4 Å². The highest BCUT2D eigenvalue weighted by Gasteiger charge is 2.22. The summed E-state index contributed by atoms with van der Waals surface area (Å²) >= 11 is 1.87. The molecule has 13 heteroatoms. The fourth-order valence-corrected chi connectivity index (χ4v) is 2.95. The standard InChI is InChI=1S/C14H13IN4O7S/c1-24-11-7-10(15)16-13(17-11)18-14(21)19-27(22,23)26-9-6-4-3-5-8(9)12(20)25-2/h3-7H,1-2H3,(H2,16,17,18,19,21). The van der Waals surface area contributed by atoms with Crippen molar-refractivity contribution in [2.24, 2.45) is 0 Å².